The number of aromatic nitrogens is 1. The summed E-state index contributed by atoms with van der Waals surface area (Å²) in [5, 5.41) is 1.22. The van der Waals surface area contributed by atoms with E-state index in [1.54, 1.807) is 12.1 Å². The first-order chi connectivity index (χ1) is 8.76. The number of hydrogen-bond acceptors (Lipinski definition) is 3. The van der Waals surface area contributed by atoms with Crippen LogP contribution in [-0.2, 0) is 6.54 Å². The molecule has 0 spiro atoms. The number of rotatable bonds is 2. The first-order valence-electron chi connectivity index (χ1n) is 5.59. The van der Waals surface area contributed by atoms with Gasteiger partial charge in [0.2, 0.25) is 11.3 Å². The topological polar surface area (TPSA) is 48.3 Å². The molecule has 4 nitrogen and oxygen atoms in total. The summed E-state index contributed by atoms with van der Waals surface area (Å²) < 4.78 is 7.55. The highest BCUT2D eigenvalue weighted by Crippen LogP contribution is 2.28. The van der Waals surface area contributed by atoms with Crippen LogP contribution in [0.2, 0.25) is 0 Å². The van der Waals surface area contributed by atoms with E-state index in [0.29, 0.717) is 29.4 Å². The molecule has 0 fully saturated rings. The van der Waals surface area contributed by atoms with Gasteiger partial charge in [0.25, 0.3) is 0 Å². The van der Waals surface area contributed by atoms with Crippen LogP contribution in [0, 0.1) is 0 Å². The second-order valence-electron chi connectivity index (χ2n) is 4.19. The van der Waals surface area contributed by atoms with Gasteiger partial charge in [-0.25, -0.2) is 0 Å². The molecule has 1 aliphatic heterocycles. The van der Waals surface area contributed by atoms with E-state index in [1.807, 2.05) is 16.7 Å². The summed E-state index contributed by atoms with van der Waals surface area (Å²) in [6.07, 6.45) is 0.533. The smallest absolute Gasteiger partial charge is 0.209 e. The Morgan fingerprint density at radius 1 is 1.44 bits per heavy atom. The van der Waals surface area contributed by atoms with Crippen molar-refractivity contribution < 1.29 is 9.53 Å². The molecule has 1 aliphatic rings. The number of alkyl halides is 1. The molecule has 0 bridgehead atoms. The zero-order chi connectivity index (χ0) is 12.7. The minimum Gasteiger partial charge on any atom is -0.472 e. The Balaban J connectivity index is 2.40. The summed E-state index contributed by atoms with van der Waals surface area (Å²) in [6.45, 7) is 0.641. The van der Waals surface area contributed by atoms with Crippen LogP contribution < -0.4 is 10.2 Å². The van der Waals surface area contributed by atoms with Crippen LogP contribution in [0.5, 0.6) is 5.88 Å². The average Bonchev–Trinajstić information content (AvgIpc) is 2.84. The second kappa shape index (κ2) is 4.24. The van der Waals surface area contributed by atoms with Gasteiger partial charge in [-0.1, -0.05) is 28.1 Å². The van der Waals surface area contributed by atoms with E-state index in [2.05, 4.69) is 15.9 Å². The number of carbonyl (C=O) groups is 1. The number of carbonyl (C=O) groups excluding carboxylic acids is 1. The molecular weight excluding hydrogens is 298 g/mol. The van der Waals surface area contributed by atoms with Crippen LogP contribution in [0.25, 0.3) is 10.9 Å². The van der Waals surface area contributed by atoms with E-state index in [-0.39, 0.29) is 17.1 Å². The highest BCUT2D eigenvalue weighted by Gasteiger charge is 2.27. The average molecular weight is 308 g/mol. The van der Waals surface area contributed by atoms with Crippen molar-refractivity contribution in [3.63, 3.8) is 0 Å². The number of pyridine rings is 1. The standard InChI is InChI=1S/C13H10BrNO3/c14-5-8-6-15-11-4-2-1-3-9(11)12(17)10(7-16)13(15)18-8/h1-4,7-8H,5-6H2. The molecule has 0 aliphatic carbocycles. The van der Waals surface area contributed by atoms with Gasteiger partial charge in [-0.15, -0.1) is 0 Å². The summed E-state index contributed by atoms with van der Waals surface area (Å²) in [6, 6.07) is 7.27. The van der Waals surface area contributed by atoms with Crippen molar-refractivity contribution in [2.75, 3.05) is 5.33 Å². The molecule has 5 heteroatoms. The number of fused-ring (bicyclic) bond motifs is 3. The largest absolute Gasteiger partial charge is 0.472 e. The maximum atomic E-state index is 12.2. The Labute approximate surface area is 111 Å². The lowest BCUT2D eigenvalue weighted by atomic mass is 10.1. The van der Waals surface area contributed by atoms with E-state index in [1.165, 1.54) is 0 Å². The number of hydrogen-bond donors (Lipinski definition) is 0. The molecule has 0 saturated carbocycles. The van der Waals surface area contributed by atoms with Gasteiger partial charge in [0.05, 0.1) is 12.1 Å². The Morgan fingerprint density at radius 2 is 2.22 bits per heavy atom. The van der Waals surface area contributed by atoms with Gasteiger partial charge in [0, 0.05) is 10.7 Å². The number of benzene rings is 1. The molecule has 3 rings (SSSR count). The van der Waals surface area contributed by atoms with Crippen molar-refractivity contribution in [3.8, 4) is 5.88 Å². The van der Waals surface area contributed by atoms with E-state index >= 15 is 0 Å². The second-order valence-corrected chi connectivity index (χ2v) is 4.84. The van der Waals surface area contributed by atoms with Crippen molar-refractivity contribution >= 4 is 33.1 Å². The lowest BCUT2D eigenvalue weighted by molar-refractivity contribution is 0.111. The molecule has 0 saturated heterocycles. The van der Waals surface area contributed by atoms with Crippen molar-refractivity contribution in [2.45, 2.75) is 12.6 Å². The fourth-order valence-corrected chi connectivity index (χ4v) is 2.63. The van der Waals surface area contributed by atoms with Gasteiger partial charge < -0.3 is 9.30 Å². The zero-order valence-electron chi connectivity index (χ0n) is 9.43. The normalized spacial score (nSPS) is 17.5. The molecule has 1 aromatic carbocycles. The zero-order valence-corrected chi connectivity index (χ0v) is 11.0. The molecule has 2 aromatic rings. The summed E-state index contributed by atoms with van der Waals surface area (Å²) in [4.78, 5) is 23.3. The van der Waals surface area contributed by atoms with E-state index < -0.39 is 0 Å². The Hall–Kier alpha value is -1.62. The van der Waals surface area contributed by atoms with Crippen LogP contribution >= 0.6 is 15.9 Å². The van der Waals surface area contributed by atoms with Crippen LogP contribution in [0.3, 0.4) is 0 Å². The van der Waals surface area contributed by atoms with Gasteiger partial charge >= 0.3 is 0 Å². The summed E-state index contributed by atoms with van der Waals surface area (Å²) >= 11 is 3.36. The lowest BCUT2D eigenvalue weighted by Gasteiger charge is -2.08. The van der Waals surface area contributed by atoms with E-state index in [0.717, 1.165) is 5.52 Å². The molecule has 1 unspecified atom stereocenters. The predicted octanol–water partition coefficient (Wildman–Crippen LogP) is 1.97. The van der Waals surface area contributed by atoms with E-state index in [4.69, 9.17) is 4.74 Å². The van der Waals surface area contributed by atoms with Crippen LogP contribution in [0.4, 0.5) is 0 Å². The van der Waals surface area contributed by atoms with Gasteiger partial charge in [-0.3, -0.25) is 9.59 Å². The van der Waals surface area contributed by atoms with Gasteiger partial charge in [0.15, 0.2) is 6.29 Å². The molecule has 0 radical (unpaired) electrons. The number of para-hydroxylation sites is 1. The van der Waals surface area contributed by atoms with Gasteiger partial charge in [-0.2, -0.15) is 0 Å². The first-order valence-corrected chi connectivity index (χ1v) is 6.71. The number of halogens is 1. The summed E-state index contributed by atoms with van der Waals surface area (Å²) in [5.41, 5.74) is 0.658. The van der Waals surface area contributed by atoms with E-state index in [9.17, 15) is 9.59 Å². The monoisotopic (exact) mass is 307 g/mol. The number of ether oxygens (including phenoxy) is 1. The third kappa shape index (κ3) is 1.50. The molecule has 92 valence electrons. The highest BCUT2D eigenvalue weighted by molar-refractivity contribution is 9.09. The third-order valence-electron chi connectivity index (χ3n) is 3.11. The van der Waals surface area contributed by atoms with Crippen molar-refractivity contribution in [1.29, 1.82) is 0 Å². The number of aldehydes is 1. The van der Waals surface area contributed by atoms with Crippen molar-refractivity contribution in [2.24, 2.45) is 0 Å². The molecule has 1 aromatic heterocycles. The Kier molecular flexibility index (Phi) is 2.70. The molecule has 1 atom stereocenters. The molecule has 0 amide bonds. The first kappa shape index (κ1) is 11.5. The molecule has 18 heavy (non-hydrogen) atoms. The van der Waals surface area contributed by atoms with Crippen molar-refractivity contribution in [1.82, 2.24) is 4.57 Å². The van der Waals surface area contributed by atoms with Gasteiger partial charge in [-0.05, 0) is 12.1 Å². The molecule has 0 N–H and O–H groups in total. The van der Waals surface area contributed by atoms with Crippen molar-refractivity contribution in [3.05, 3.63) is 40.1 Å². The fourth-order valence-electron chi connectivity index (χ4n) is 2.29. The summed E-state index contributed by atoms with van der Waals surface area (Å²) in [5.74, 6) is 0.387. The highest BCUT2D eigenvalue weighted by atomic mass is 79.9. The molecular formula is C13H10BrNO3. The quantitative estimate of drug-likeness (QED) is 0.629. The lowest BCUT2D eigenvalue weighted by Crippen LogP contribution is -2.15. The van der Waals surface area contributed by atoms with Crippen LogP contribution in [0.15, 0.2) is 29.1 Å². The summed E-state index contributed by atoms with van der Waals surface area (Å²) in [7, 11) is 0. The van der Waals surface area contributed by atoms with Crippen LogP contribution in [-0.4, -0.2) is 22.3 Å². The third-order valence-corrected chi connectivity index (χ3v) is 3.84. The van der Waals surface area contributed by atoms with Gasteiger partial charge in [0.1, 0.15) is 11.7 Å². The Bertz CT molecular complexity index is 692. The molecule has 2 heterocycles. The SMILES string of the molecule is O=Cc1c2n(c3ccccc3c1=O)CC(CBr)O2. The minimum absolute atomic E-state index is 0.0473. The maximum absolute atomic E-state index is 12.2. The predicted molar refractivity (Wildman–Crippen MR) is 71.8 cm³/mol. The number of nitrogens with zero attached hydrogens (tertiary/aromatic N) is 1. The maximum Gasteiger partial charge on any atom is 0.209 e. The Morgan fingerprint density at radius 3 is 2.94 bits per heavy atom. The fraction of sp³-hybridized carbons (Fsp3) is 0.231. The van der Waals surface area contributed by atoms with Crippen LogP contribution in [0.1, 0.15) is 10.4 Å². The minimum atomic E-state index is -0.262.